The van der Waals surface area contributed by atoms with Crippen molar-refractivity contribution in [2.45, 2.75) is 6.04 Å². The third-order valence-electron chi connectivity index (χ3n) is 2.96. The molecule has 3 N–H and O–H groups in total. The van der Waals surface area contributed by atoms with Gasteiger partial charge in [0, 0.05) is 4.88 Å². The number of aromatic nitrogens is 1. The summed E-state index contributed by atoms with van der Waals surface area (Å²) < 4.78 is 6.13. The molecule has 3 aromatic rings. The van der Waals surface area contributed by atoms with Crippen LogP contribution in [0.3, 0.4) is 0 Å². The zero-order chi connectivity index (χ0) is 14.8. The average molecular weight is 319 g/mol. The molecule has 0 radical (unpaired) electrons. The first-order valence-corrected chi connectivity index (χ1v) is 7.91. The Morgan fingerprint density at radius 2 is 2.29 bits per heavy atom. The molecule has 2 heterocycles. The van der Waals surface area contributed by atoms with Crippen LogP contribution in [-0.4, -0.2) is 18.0 Å². The van der Waals surface area contributed by atoms with Crippen molar-refractivity contribution in [3.05, 3.63) is 40.6 Å². The number of hydrogen-bond donors (Lipinski definition) is 2. The molecular weight excluding hydrogens is 306 g/mol. The van der Waals surface area contributed by atoms with Crippen molar-refractivity contribution in [1.82, 2.24) is 4.98 Å². The van der Waals surface area contributed by atoms with Crippen LogP contribution in [0.5, 0.6) is 5.75 Å². The quantitative estimate of drug-likeness (QED) is 0.775. The number of thiophene rings is 1. The second-order valence-electron chi connectivity index (χ2n) is 4.34. The third-order valence-corrected chi connectivity index (χ3v) is 4.85. The van der Waals surface area contributed by atoms with E-state index in [0.29, 0.717) is 5.13 Å². The molecule has 0 fully saturated rings. The third kappa shape index (κ3) is 2.90. The molecule has 0 spiro atoms. The molecule has 0 aliphatic heterocycles. The fourth-order valence-corrected chi connectivity index (χ4v) is 3.49. The molecule has 5 nitrogen and oxygen atoms in total. The van der Waals surface area contributed by atoms with Crippen LogP contribution < -0.4 is 15.8 Å². The van der Waals surface area contributed by atoms with E-state index in [1.807, 2.05) is 35.7 Å². The van der Waals surface area contributed by atoms with Gasteiger partial charge in [0.05, 0.1) is 17.3 Å². The number of amides is 1. The molecule has 0 aliphatic carbocycles. The lowest BCUT2D eigenvalue weighted by atomic mass is 10.2. The highest BCUT2D eigenvalue weighted by Crippen LogP contribution is 2.29. The van der Waals surface area contributed by atoms with Gasteiger partial charge in [0.1, 0.15) is 11.8 Å². The largest absolute Gasteiger partial charge is 0.497 e. The number of fused-ring (bicyclic) bond motifs is 1. The highest BCUT2D eigenvalue weighted by Gasteiger charge is 2.18. The molecule has 2 aromatic heterocycles. The number of methoxy groups -OCH3 is 1. The topological polar surface area (TPSA) is 77.2 Å². The van der Waals surface area contributed by atoms with Crippen molar-refractivity contribution in [3.8, 4) is 5.75 Å². The van der Waals surface area contributed by atoms with Crippen LogP contribution in [0.1, 0.15) is 10.9 Å². The number of hydrogen-bond acceptors (Lipinski definition) is 6. The fourth-order valence-electron chi connectivity index (χ4n) is 1.87. The second-order valence-corrected chi connectivity index (χ2v) is 6.34. The summed E-state index contributed by atoms with van der Waals surface area (Å²) in [5, 5.41) is 5.20. The van der Waals surface area contributed by atoms with E-state index in [4.69, 9.17) is 10.5 Å². The van der Waals surface area contributed by atoms with E-state index in [2.05, 4.69) is 10.3 Å². The molecule has 1 atom stereocenters. The maximum Gasteiger partial charge on any atom is 0.248 e. The van der Waals surface area contributed by atoms with E-state index in [1.54, 1.807) is 7.11 Å². The van der Waals surface area contributed by atoms with Crippen molar-refractivity contribution in [3.63, 3.8) is 0 Å². The molecule has 0 bridgehead atoms. The Labute approximate surface area is 129 Å². The Morgan fingerprint density at radius 3 is 3.00 bits per heavy atom. The molecule has 0 saturated carbocycles. The van der Waals surface area contributed by atoms with Gasteiger partial charge in [-0.1, -0.05) is 17.4 Å². The highest BCUT2D eigenvalue weighted by atomic mass is 32.1. The minimum Gasteiger partial charge on any atom is -0.497 e. The smallest absolute Gasteiger partial charge is 0.248 e. The Morgan fingerprint density at radius 1 is 1.43 bits per heavy atom. The van der Waals surface area contributed by atoms with E-state index in [1.165, 1.54) is 22.7 Å². The lowest BCUT2D eigenvalue weighted by Gasteiger charge is -2.08. The van der Waals surface area contributed by atoms with Gasteiger partial charge in [-0.05, 0) is 29.6 Å². The fraction of sp³-hybridized carbons (Fsp3) is 0.143. The summed E-state index contributed by atoms with van der Waals surface area (Å²) in [6.07, 6.45) is 0. The van der Waals surface area contributed by atoms with Gasteiger partial charge in [-0.3, -0.25) is 4.79 Å². The van der Waals surface area contributed by atoms with Crippen LogP contribution in [0.4, 0.5) is 5.13 Å². The summed E-state index contributed by atoms with van der Waals surface area (Å²) in [7, 11) is 1.62. The molecule has 21 heavy (non-hydrogen) atoms. The molecule has 7 heteroatoms. The summed E-state index contributed by atoms with van der Waals surface area (Å²) in [5.74, 6) is 0.503. The Balaban J connectivity index is 1.79. The van der Waals surface area contributed by atoms with Crippen molar-refractivity contribution in [2.24, 2.45) is 5.73 Å². The molecule has 3 rings (SSSR count). The molecule has 0 aliphatic rings. The van der Waals surface area contributed by atoms with Crippen LogP contribution in [-0.2, 0) is 4.79 Å². The van der Waals surface area contributed by atoms with Crippen LogP contribution >= 0.6 is 22.7 Å². The summed E-state index contributed by atoms with van der Waals surface area (Å²) in [4.78, 5) is 17.3. The second kappa shape index (κ2) is 5.80. The minimum atomic E-state index is -0.674. The number of carbonyl (C=O) groups is 1. The van der Waals surface area contributed by atoms with Gasteiger partial charge in [-0.25, -0.2) is 4.98 Å². The van der Waals surface area contributed by atoms with Gasteiger partial charge in [0.25, 0.3) is 0 Å². The molecule has 1 unspecified atom stereocenters. The Kier molecular flexibility index (Phi) is 3.87. The number of benzene rings is 1. The van der Waals surface area contributed by atoms with Crippen LogP contribution in [0.2, 0.25) is 0 Å². The van der Waals surface area contributed by atoms with E-state index >= 15 is 0 Å². The van der Waals surface area contributed by atoms with Gasteiger partial charge in [-0.2, -0.15) is 0 Å². The molecule has 1 amide bonds. The average Bonchev–Trinajstić information content (AvgIpc) is 3.14. The monoisotopic (exact) mass is 319 g/mol. The molecule has 108 valence electrons. The van der Waals surface area contributed by atoms with Gasteiger partial charge in [0.15, 0.2) is 5.13 Å². The van der Waals surface area contributed by atoms with Crippen LogP contribution in [0.15, 0.2) is 35.7 Å². The summed E-state index contributed by atoms with van der Waals surface area (Å²) in [5.41, 5.74) is 6.75. The number of carbonyl (C=O) groups excluding carboxylic acids is 1. The maximum absolute atomic E-state index is 12.1. The summed E-state index contributed by atoms with van der Waals surface area (Å²) in [6, 6.07) is 8.63. The normalized spacial score (nSPS) is 12.3. The van der Waals surface area contributed by atoms with Gasteiger partial charge >= 0.3 is 0 Å². The van der Waals surface area contributed by atoms with Crippen molar-refractivity contribution in [1.29, 1.82) is 0 Å². The number of ether oxygens (including phenoxy) is 1. The highest BCUT2D eigenvalue weighted by molar-refractivity contribution is 7.22. The van der Waals surface area contributed by atoms with E-state index in [0.717, 1.165) is 20.8 Å². The van der Waals surface area contributed by atoms with Gasteiger partial charge < -0.3 is 15.8 Å². The van der Waals surface area contributed by atoms with E-state index in [9.17, 15) is 4.79 Å². The van der Waals surface area contributed by atoms with E-state index in [-0.39, 0.29) is 5.91 Å². The summed E-state index contributed by atoms with van der Waals surface area (Å²) in [6.45, 7) is 0. The lowest BCUT2D eigenvalue weighted by Crippen LogP contribution is -2.26. The van der Waals surface area contributed by atoms with Crippen molar-refractivity contribution >= 4 is 43.9 Å². The standard InChI is InChI=1S/C14H13N3O2S2/c1-19-8-4-5-9-11(7-8)21-14(16-9)17-13(18)12(15)10-3-2-6-20-10/h2-7,12H,15H2,1H3,(H,16,17,18). The number of rotatable bonds is 4. The zero-order valence-corrected chi connectivity index (χ0v) is 12.8. The van der Waals surface area contributed by atoms with E-state index < -0.39 is 6.04 Å². The summed E-state index contributed by atoms with van der Waals surface area (Å²) >= 11 is 2.86. The SMILES string of the molecule is COc1ccc2nc(NC(=O)C(N)c3cccs3)sc2c1. The first-order valence-electron chi connectivity index (χ1n) is 6.22. The van der Waals surface area contributed by atoms with Crippen LogP contribution in [0.25, 0.3) is 10.2 Å². The Bertz CT molecular complexity index is 768. The number of anilines is 1. The Hall–Kier alpha value is -1.96. The predicted molar refractivity (Wildman–Crippen MR) is 86.0 cm³/mol. The number of nitrogens with one attached hydrogen (secondary N) is 1. The lowest BCUT2D eigenvalue weighted by molar-refractivity contribution is -0.117. The van der Waals surface area contributed by atoms with Crippen LogP contribution in [0, 0.1) is 0 Å². The van der Waals surface area contributed by atoms with Crippen molar-refractivity contribution < 1.29 is 9.53 Å². The van der Waals surface area contributed by atoms with Gasteiger partial charge in [-0.15, -0.1) is 11.3 Å². The first-order chi connectivity index (χ1) is 10.2. The minimum absolute atomic E-state index is 0.261. The number of thiazole rings is 1. The van der Waals surface area contributed by atoms with Crippen molar-refractivity contribution in [2.75, 3.05) is 12.4 Å². The molecule has 0 saturated heterocycles. The number of nitrogens with zero attached hydrogens (tertiary/aromatic N) is 1. The maximum atomic E-state index is 12.1. The molecule has 1 aromatic carbocycles. The number of nitrogens with two attached hydrogens (primary N) is 1. The zero-order valence-electron chi connectivity index (χ0n) is 11.2. The predicted octanol–water partition coefficient (Wildman–Crippen LogP) is 3.00. The first kappa shape index (κ1) is 14.0. The van der Waals surface area contributed by atoms with Gasteiger partial charge in [0.2, 0.25) is 5.91 Å². The molecular formula is C14H13N3O2S2.